The Kier molecular flexibility index (Phi) is 16.0. The van der Waals surface area contributed by atoms with Gasteiger partial charge in [0.05, 0.1) is 6.61 Å². The van der Waals surface area contributed by atoms with Crippen LogP contribution in [0.25, 0.3) is 0 Å². The van der Waals surface area contributed by atoms with Gasteiger partial charge in [-0.15, -0.1) is 0 Å². The summed E-state index contributed by atoms with van der Waals surface area (Å²) < 4.78 is 37.8. The van der Waals surface area contributed by atoms with Crippen LogP contribution in [0.3, 0.4) is 0 Å². The Morgan fingerprint density at radius 1 is 0.806 bits per heavy atom. The van der Waals surface area contributed by atoms with Gasteiger partial charge < -0.3 is 14.8 Å². The van der Waals surface area contributed by atoms with E-state index < -0.39 is 35.3 Å². The van der Waals surface area contributed by atoms with Gasteiger partial charge in [-0.05, 0) is 44.9 Å². The van der Waals surface area contributed by atoms with Crippen LogP contribution in [0.5, 0.6) is 0 Å². The topological polar surface area (TPSA) is 64.6 Å². The minimum absolute atomic E-state index is 0.106. The summed E-state index contributed by atoms with van der Waals surface area (Å²) >= 11 is 0. The predicted molar refractivity (Wildman–Crippen MR) is 140 cm³/mol. The molecule has 206 valence electrons. The molecule has 0 saturated heterocycles. The number of carbonyl (C=O) groups excluding carboxylic acids is 2. The zero-order valence-electron chi connectivity index (χ0n) is 22.8. The second kappa shape index (κ2) is 18.1. The zero-order chi connectivity index (χ0) is 26.8. The van der Waals surface area contributed by atoms with Gasteiger partial charge in [-0.3, -0.25) is 0 Å². The standard InChI is InChI=1S/C29H47F2NO4/c1-5-6-7-8-9-10-11-12-13-14-15-16-17-18-35-27(33)26(32-28(34)36-29(2,3)4)21-23-19-24(30)22-25(31)20-23/h19-20,22,26H,5-18,21H2,1-4H3,(H,32,34)/t26-/m0/s1. The molecule has 0 aromatic heterocycles. The Hall–Kier alpha value is -2.18. The van der Waals surface area contributed by atoms with Crippen molar-refractivity contribution in [2.24, 2.45) is 0 Å². The largest absolute Gasteiger partial charge is 0.464 e. The summed E-state index contributed by atoms with van der Waals surface area (Å²) in [5, 5.41) is 2.48. The molecule has 0 unspecified atom stereocenters. The van der Waals surface area contributed by atoms with Gasteiger partial charge in [0, 0.05) is 12.5 Å². The van der Waals surface area contributed by atoms with E-state index in [2.05, 4.69) is 12.2 Å². The molecular weight excluding hydrogens is 464 g/mol. The van der Waals surface area contributed by atoms with Crippen molar-refractivity contribution in [1.29, 1.82) is 0 Å². The molecule has 36 heavy (non-hydrogen) atoms. The first-order valence-electron chi connectivity index (χ1n) is 13.7. The van der Waals surface area contributed by atoms with Crippen LogP contribution in [-0.2, 0) is 20.7 Å². The number of hydrogen-bond acceptors (Lipinski definition) is 4. The number of amides is 1. The van der Waals surface area contributed by atoms with Crippen LogP contribution in [0.2, 0.25) is 0 Å². The number of carbonyl (C=O) groups is 2. The van der Waals surface area contributed by atoms with Crippen molar-refractivity contribution in [2.75, 3.05) is 6.61 Å². The van der Waals surface area contributed by atoms with Crippen molar-refractivity contribution in [3.8, 4) is 0 Å². The van der Waals surface area contributed by atoms with Gasteiger partial charge in [0.25, 0.3) is 0 Å². The Morgan fingerprint density at radius 3 is 1.75 bits per heavy atom. The molecule has 1 rings (SSSR count). The third kappa shape index (κ3) is 16.5. The number of alkyl carbamates (subject to hydrolysis) is 1. The van der Waals surface area contributed by atoms with E-state index in [-0.39, 0.29) is 18.6 Å². The van der Waals surface area contributed by atoms with E-state index in [0.29, 0.717) is 0 Å². The smallest absolute Gasteiger partial charge is 0.408 e. The highest BCUT2D eigenvalue weighted by Crippen LogP contribution is 2.14. The first-order chi connectivity index (χ1) is 17.1. The van der Waals surface area contributed by atoms with Gasteiger partial charge in [0.1, 0.15) is 23.3 Å². The van der Waals surface area contributed by atoms with Gasteiger partial charge in [0.15, 0.2) is 0 Å². The first kappa shape index (κ1) is 31.8. The quantitative estimate of drug-likeness (QED) is 0.160. The average Bonchev–Trinajstić information content (AvgIpc) is 2.76. The lowest BCUT2D eigenvalue weighted by Crippen LogP contribution is -2.45. The normalized spacial score (nSPS) is 12.3. The fourth-order valence-corrected chi connectivity index (χ4v) is 4.00. The highest BCUT2D eigenvalue weighted by molar-refractivity contribution is 5.81. The summed E-state index contributed by atoms with van der Waals surface area (Å²) in [7, 11) is 0. The molecule has 0 bridgehead atoms. The second-order valence-corrected chi connectivity index (χ2v) is 10.6. The lowest BCUT2D eigenvalue weighted by Gasteiger charge is -2.23. The van der Waals surface area contributed by atoms with E-state index in [1.165, 1.54) is 64.2 Å². The molecule has 5 nitrogen and oxygen atoms in total. The number of ether oxygens (including phenoxy) is 2. The van der Waals surface area contributed by atoms with E-state index in [1.807, 2.05) is 0 Å². The molecule has 0 saturated carbocycles. The number of esters is 1. The zero-order valence-corrected chi connectivity index (χ0v) is 22.8. The summed E-state index contributed by atoms with van der Waals surface area (Å²) in [6.45, 7) is 7.59. The SMILES string of the molecule is CCCCCCCCCCCCCCCOC(=O)[C@H](Cc1cc(F)cc(F)c1)NC(=O)OC(C)(C)C. The van der Waals surface area contributed by atoms with Crippen molar-refractivity contribution < 1.29 is 27.8 Å². The second-order valence-electron chi connectivity index (χ2n) is 10.6. The lowest BCUT2D eigenvalue weighted by molar-refractivity contribution is -0.146. The van der Waals surface area contributed by atoms with Gasteiger partial charge in [-0.25, -0.2) is 18.4 Å². The molecule has 0 spiro atoms. The molecule has 0 aliphatic carbocycles. The molecule has 1 atom stereocenters. The lowest BCUT2D eigenvalue weighted by atomic mass is 10.0. The number of halogens is 2. The number of hydrogen-bond donors (Lipinski definition) is 1. The number of nitrogens with one attached hydrogen (secondary N) is 1. The highest BCUT2D eigenvalue weighted by Gasteiger charge is 2.26. The molecule has 0 heterocycles. The van der Waals surface area contributed by atoms with E-state index in [1.54, 1.807) is 20.8 Å². The van der Waals surface area contributed by atoms with Crippen molar-refractivity contribution in [3.63, 3.8) is 0 Å². The Bertz CT molecular complexity index is 744. The maximum Gasteiger partial charge on any atom is 0.408 e. The minimum Gasteiger partial charge on any atom is -0.464 e. The van der Waals surface area contributed by atoms with Crippen molar-refractivity contribution in [3.05, 3.63) is 35.4 Å². The number of benzene rings is 1. The van der Waals surface area contributed by atoms with Crippen molar-refractivity contribution in [1.82, 2.24) is 5.32 Å². The Balaban J connectivity index is 2.34. The summed E-state index contributed by atoms with van der Waals surface area (Å²) in [5.74, 6) is -2.15. The Morgan fingerprint density at radius 2 is 1.28 bits per heavy atom. The maximum absolute atomic E-state index is 13.6. The van der Waals surface area contributed by atoms with E-state index in [0.717, 1.165) is 37.5 Å². The van der Waals surface area contributed by atoms with Crippen molar-refractivity contribution in [2.45, 2.75) is 129 Å². The maximum atomic E-state index is 13.6. The van der Waals surface area contributed by atoms with Crippen LogP contribution in [0.4, 0.5) is 13.6 Å². The molecule has 1 aromatic rings. The predicted octanol–water partition coefficient (Wildman–Crippen LogP) is 8.04. The molecule has 0 aliphatic rings. The van der Waals surface area contributed by atoms with Gasteiger partial charge in [-0.2, -0.15) is 0 Å². The fourth-order valence-electron chi connectivity index (χ4n) is 4.00. The van der Waals surface area contributed by atoms with Gasteiger partial charge in [-0.1, -0.05) is 84.0 Å². The highest BCUT2D eigenvalue weighted by atomic mass is 19.1. The fraction of sp³-hybridized carbons (Fsp3) is 0.724. The van der Waals surface area contributed by atoms with E-state index >= 15 is 0 Å². The molecule has 0 fully saturated rings. The third-order valence-electron chi connectivity index (χ3n) is 5.83. The minimum atomic E-state index is -1.11. The van der Waals surface area contributed by atoms with E-state index in [9.17, 15) is 18.4 Å². The van der Waals surface area contributed by atoms with E-state index in [4.69, 9.17) is 9.47 Å². The number of rotatable bonds is 18. The molecular formula is C29H47F2NO4. The Labute approximate surface area is 216 Å². The summed E-state index contributed by atoms with van der Waals surface area (Å²) in [6, 6.07) is 1.91. The average molecular weight is 512 g/mol. The van der Waals surface area contributed by atoms with Gasteiger partial charge >= 0.3 is 12.1 Å². The first-order valence-corrected chi connectivity index (χ1v) is 13.7. The molecule has 1 N–H and O–H groups in total. The van der Waals surface area contributed by atoms with Gasteiger partial charge in [0.2, 0.25) is 0 Å². The van der Waals surface area contributed by atoms with Crippen LogP contribution >= 0.6 is 0 Å². The van der Waals surface area contributed by atoms with Crippen LogP contribution in [-0.4, -0.2) is 30.3 Å². The van der Waals surface area contributed by atoms with Crippen LogP contribution in [0, 0.1) is 11.6 Å². The van der Waals surface area contributed by atoms with Crippen LogP contribution in [0.1, 0.15) is 117 Å². The monoisotopic (exact) mass is 511 g/mol. The molecule has 1 aromatic carbocycles. The van der Waals surface area contributed by atoms with Crippen molar-refractivity contribution >= 4 is 12.1 Å². The molecule has 0 aliphatic heterocycles. The summed E-state index contributed by atoms with van der Waals surface area (Å²) in [5.41, 5.74) is -0.510. The molecule has 0 radical (unpaired) electrons. The molecule has 7 heteroatoms. The van der Waals surface area contributed by atoms with Crippen LogP contribution < -0.4 is 5.32 Å². The summed E-state index contributed by atoms with van der Waals surface area (Å²) in [4.78, 5) is 24.9. The molecule has 1 amide bonds. The number of unbranched alkanes of at least 4 members (excludes halogenated alkanes) is 12. The van der Waals surface area contributed by atoms with Crippen LogP contribution in [0.15, 0.2) is 18.2 Å². The third-order valence-corrected chi connectivity index (χ3v) is 5.83. The summed E-state index contributed by atoms with van der Waals surface area (Å²) in [6.07, 6.45) is 14.9.